The molecule has 9 heteroatoms. The Labute approximate surface area is 164 Å². The minimum Gasteiger partial charge on any atom is -0.478 e. The number of benzene rings is 2. The van der Waals surface area contributed by atoms with Crippen LogP contribution in [-0.4, -0.2) is 33.3 Å². The van der Waals surface area contributed by atoms with Crippen LogP contribution in [0.1, 0.15) is 16.8 Å². The van der Waals surface area contributed by atoms with Gasteiger partial charge in [-0.05, 0) is 36.4 Å². The van der Waals surface area contributed by atoms with Gasteiger partial charge in [-0.1, -0.05) is 30.0 Å². The Bertz CT molecular complexity index is 983. The van der Waals surface area contributed by atoms with Gasteiger partial charge in [-0.15, -0.1) is 0 Å². The predicted molar refractivity (Wildman–Crippen MR) is 104 cm³/mol. The number of carboxylic acids is 1. The summed E-state index contributed by atoms with van der Waals surface area (Å²) in [5, 5.41) is 19.8. The van der Waals surface area contributed by atoms with E-state index in [0.717, 1.165) is 16.7 Å². The summed E-state index contributed by atoms with van der Waals surface area (Å²) in [5.74, 6) is -1.94. The van der Waals surface area contributed by atoms with E-state index in [0.29, 0.717) is 11.4 Å². The van der Waals surface area contributed by atoms with E-state index in [4.69, 9.17) is 10.4 Å². The number of anilines is 1. The molecule has 0 aliphatic carbocycles. The number of nitrogens with zero attached hydrogens (tertiary/aromatic N) is 3. The van der Waals surface area contributed by atoms with Crippen molar-refractivity contribution in [3.8, 4) is 6.19 Å². The summed E-state index contributed by atoms with van der Waals surface area (Å²) >= 11 is 1.00. The molecule has 0 unspecified atom stereocenters. The average Bonchev–Trinajstić information content (AvgIpc) is 2.96. The SMILES string of the molecule is N#CNC(=Nc1ccccc1)S[C@H]1CC(=O)N(c2ccc(C(=O)O)cc2)C1=O. The van der Waals surface area contributed by atoms with Gasteiger partial charge < -0.3 is 5.11 Å². The number of hydrogen-bond donors (Lipinski definition) is 2. The number of amides is 2. The van der Waals surface area contributed by atoms with Crippen LogP contribution in [0.4, 0.5) is 11.4 Å². The molecule has 0 spiro atoms. The lowest BCUT2D eigenvalue weighted by Crippen LogP contribution is -2.32. The molecule has 0 aromatic heterocycles. The van der Waals surface area contributed by atoms with E-state index in [9.17, 15) is 14.4 Å². The smallest absolute Gasteiger partial charge is 0.335 e. The molecule has 2 aromatic rings. The third kappa shape index (κ3) is 4.19. The van der Waals surface area contributed by atoms with E-state index in [-0.39, 0.29) is 17.2 Å². The fraction of sp³-hybridized carbons (Fsp3) is 0.105. The van der Waals surface area contributed by atoms with E-state index in [1.54, 1.807) is 30.5 Å². The Morgan fingerprint density at radius 1 is 1.18 bits per heavy atom. The van der Waals surface area contributed by atoms with E-state index < -0.39 is 23.0 Å². The zero-order valence-corrected chi connectivity index (χ0v) is 15.2. The number of imide groups is 1. The molecule has 1 aliphatic heterocycles. The van der Waals surface area contributed by atoms with Gasteiger partial charge in [0.1, 0.15) is 5.25 Å². The molecule has 0 saturated carbocycles. The minimum absolute atomic E-state index is 0.0505. The lowest BCUT2D eigenvalue weighted by atomic mass is 10.2. The normalized spacial score (nSPS) is 16.8. The van der Waals surface area contributed by atoms with Gasteiger partial charge in [0.15, 0.2) is 11.4 Å². The number of carbonyl (C=O) groups is 3. The Morgan fingerprint density at radius 2 is 1.86 bits per heavy atom. The Hall–Kier alpha value is -3.64. The summed E-state index contributed by atoms with van der Waals surface area (Å²) in [6.07, 6.45) is 1.73. The molecule has 2 N–H and O–H groups in total. The molecule has 1 heterocycles. The number of aromatic carboxylic acids is 1. The Morgan fingerprint density at radius 3 is 2.46 bits per heavy atom. The molecule has 1 atom stereocenters. The first-order valence-electron chi connectivity index (χ1n) is 8.15. The summed E-state index contributed by atoms with van der Waals surface area (Å²) in [6.45, 7) is 0. The van der Waals surface area contributed by atoms with E-state index in [1.807, 2.05) is 6.07 Å². The van der Waals surface area contributed by atoms with Crippen molar-refractivity contribution in [2.75, 3.05) is 4.90 Å². The van der Waals surface area contributed by atoms with Gasteiger partial charge in [0.25, 0.3) is 0 Å². The third-order valence-corrected chi connectivity index (χ3v) is 4.95. The largest absolute Gasteiger partial charge is 0.478 e. The number of thioether (sulfide) groups is 1. The lowest BCUT2D eigenvalue weighted by Gasteiger charge is -2.15. The van der Waals surface area contributed by atoms with Crippen molar-refractivity contribution in [3.63, 3.8) is 0 Å². The first-order valence-corrected chi connectivity index (χ1v) is 9.03. The van der Waals surface area contributed by atoms with Crippen LogP contribution in [-0.2, 0) is 9.59 Å². The minimum atomic E-state index is -1.09. The molecule has 3 rings (SSSR count). The molecule has 0 bridgehead atoms. The first-order chi connectivity index (χ1) is 13.5. The Balaban J connectivity index is 1.79. The van der Waals surface area contributed by atoms with Gasteiger partial charge >= 0.3 is 5.97 Å². The molecule has 2 aromatic carbocycles. The molecular weight excluding hydrogens is 380 g/mol. The highest BCUT2D eigenvalue weighted by atomic mass is 32.2. The third-order valence-electron chi connectivity index (χ3n) is 3.88. The van der Waals surface area contributed by atoms with Gasteiger partial charge in [-0.2, -0.15) is 5.26 Å². The zero-order chi connectivity index (χ0) is 20.1. The number of nitriles is 1. The summed E-state index contributed by atoms with van der Waals surface area (Å²) in [7, 11) is 0. The standard InChI is InChI=1S/C19H14N4O4S/c20-11-21-19(22-13-4-2-1-3-5-13)28-15-10-16(24)23(17(15)25)14-8-6-12(7-9-14)18(26)27/h1-9,15H,10H2,(H,21,22)(H,26,27)/t15-/m0/s1. The monoisotopic (exact) mass is 394 g/mol. The number of aliphatic imine (C=N–C) groups is 1. The van der Waals surface area contributed by atoms with Gasteiger partial charge in [0, 0.05) is 6.42 Å². The number of rotatable bonds is 4. The van der Waals surface area contributed by atoms with Gasteiger partial charge in [-0.25, -0.2) is 14.7 Å². The van der Waals surface area contributed by atoms with Crippen molar-refractivity contribution in [2.45, 2.75) is 11.7 Å². The molecule has 2 amide bonds. The molecule has 1 fully saturated rings. The number of carbonyl (C=O) groups excluding carboxylic acids is 2. The molecule has 8 nitrogen and oxygen atoms in total. The molecule has 1 aliphatic rings. The lowest BCUT2D eigenvalue weighted by molar-refractivity contribution is -0.121. The van der Waals surface area contributed by atoms with Crippen LogP contribution in [0.25, 0.3) is 0 Å². The number of hydrogen-bond acceptors (Lipinski definition) is 6. The summed E-state index contributed by atoms with van der Waals surface area (Å²) in [4.78, 5) is 41.4. The van der Waals surface area contributed by atoms with Crippen molar-refractivity contribution in [2.24, 2.45) is 4.99 Å². The van der Waals surface area contributed by atoms with Crippen molar-refractivity contribution >= 4 is 46.1 Å². The van der Waals surface area contributed by atoms with Crippen LogP contribution >= 0.6 is 11.8 Å². The van der Waals surface area contributed by atoms with E-state index >= 15 is 0 Å². The van der Waals surface area contributed by atoms with Gasteiger partial charge in [0.05, 0.1) is 16.9 Å². The van der Waals surface area contributed by atoms with Crippen molar-refractivity contribution < 1.29 is 19.5 Å². The fourth-order valence-electron chi connectivity index (χ4n) is 2.61. The zero-order valence-electron chi connectivity index (χ0n) is 14.4. The van der Waals surface area contributed by atoms with Crippen LogP contribution in [0.3, 0.4) is 0 Å². The molecule has 0 radical (unpaired) electrons. The van der Waals surface area contributed by atoms with Gasteiger partial charge in [0.2, 0.25) is 11.8 Å². The first kappa shape index (κ1) is 19.1. The fourth-order valence-corrected chi connectivity index (χ4v) is 3.57. The highest BCUT2D eigenvalue weighted by Crippen LogP contribution is 2.31. The molecule has 28 heavy (non-hydrogen) atoms. The quantitative estimate of drug-likeness (QED) is 0.268. The number of amidine groups is 1. The number of carboxylic acid groups (broad SMARTS) is 1. The van der Waals surface area contributed by atoms with Crippen LogP contribution in [0.5, 0.6) is 0 Å². The molecular formula is C19H14N4O4S. The van der Waals surface area contributed by atoms with Crippen LogP contribution < -0.4 is 10.2 Å². The molecule has 1 saturated heterocycles. The van der Waals surface area contributed by atoms with Gasteiger partial charge in [-0.3, -0.25) is 14.9 Å². The highest BCUT2D eigenvalue weighted by Gasteiger charge is 2.40. The van der Waals surface area contributed by atoms with Crippen LogP contribution in [0.15, 0.2) is 59.6 Å². The Kier molecular flexibility index (Phi) is 5.72. The summed E-state index contributed by atoms with van der Waals surface area (Å²) < 4.78 is 0. The maximum absolute atomic E-state index is 12.7. The maximum Gasteiger partial charge on any atom is 0.335 e. The average molecular weight is 394 g/mol. The summed E-state index contributed by atoms with van der Waals surface area (Å²) in [5.41, 5.74) is 0.966. The summed E-state index contributed by atoms with van der Waals surface area (Å²) in [6, 6.07) is 14.4. The number of para-hydroxylation sites is 1. The maximum atomic E-state index is 12.7. The molecule has 140 valence electrons. The topological polar surface area (TPSA) is 123 Å². The van der Waals surface area contributed by atoms with Crippen molar-refractivity contribution in [1.82, 2.24) is 5.32 Å². The number of nitrogens with one attached hydrogen (secondary N) is 1. The second-order valence-electron chi connectivity index (χ2n) is 5.72. The van der Waals surface area contributed by atoms with Crippen LogP contribution in [0.2, 0.25) is 0 Å². The van der Waals surface area contributed by atoms with Crippen molar-refractivity contribution in [3.05, 3.63) is 60.2 Å². The second-order valence-corrected chi connectivity index (χ2v) is 6.91. The van der Waals surface area contributed by atoms with Crippen molar-refractivity contribution in [1.29, 1.82) is 5.26 Å². The second kappa shape index (κ2) is 8.37. The highest BCUT2D eigenvalue weighted by molar-refractivity contribution is 8.15. The van der Waals surface area contributed by atoms with E-state index in [1.165, 1.54) is 24.3 Å². The van der Waals surface area contributed by atoms with Crippen LogP contribution in [0, 0.1) is 11.5 Å². The predicted octanol–water partition coefficient (Wildman–Crippen LogP) is 2.51. The van der Waals surface area contributed by atoms with E-state index in [2.05, 4.69) is 10.3 Å².